The van der Waals surface area contributed by atoms with Crippen molar-refractivity contribution in [3.05, 3.63) is 35.9 Å². The van der Waals surface area contributed by atoms with Crippen LogP contribution in [0.1, 0.15) is 5.56 Å². The third-order valence-electron chi connectivity index (χ3n) is 5.19. The van der Waals surface area contributed by atoms with Gasteiger partial charge in [-0.05, 0) is 12.0 Å². The van der Waals surface area contributed by atoms with E-state index in [0.717, 1.165) is 5.56 Å². The molecule has 0 saturated carbocycles. The number of aliphatic hydroxyl groups excluding tert-OH is 5. The molecule has 10 nitrogen and oxygen atoms in total. The lowest BCUT2D eigenvalue weighted by Gasteiger charge is -2.40. The third-order valence-corrected chi connectivity index (χ3v) is 5.19. The molecule has 0 bridgehead atoms. The first-order chi connectivity index (χ1) is 13.9. The van der Waals surface area contributed by atoms with Gasteiger partial charge in [0, 0.05) is 0 Å². The first-order valence-corrected chi connectivity index (χ1v) is 9.45. The number of rotatable bonds is 8. The average Bonchev–Trinajstić information content (AvgIpc) is 3.02. The second kappa shape index (κ2) is 9.75. The zero-order valence-electron chi connectivity index (χ0n) is 15.8. The summed E-state index contributed by atoms with van der Waals surface area (Å²) >= 11 is 0. The predicted octanol–water partition coefficient (Wildman–Crippen LogP) is -2.49. The van der Waals surface area contributed by atoms with E-state index in [4.69, 9.17) is 24.1 Å². The minimum Gasteiger partial charge on any atom is -0.393 e. The van der Waals surface area contributed by atoms with Crippen LogP contribution in [0.2, 0.25) is 0 Å². The molecule has 3 rings (SSSR count). The third kappa shape index (κ3) is 5.12. The summed E-state index contributed by atoms with van der Waals surface area (Å²) < 4.78 is 21.6. The van der Waals surface area contributed by atoms with Crippen molar-refractivity contribution in [1.82, 2.24) is 0 Å². The molecule has 6 N–H and O–H groups in total. The molecule has 2 heterocycles. The molecule has 2 fully saturated rings. The van der Waals surface area contributed by atoms with Crippen molar-refractivity contribution >= 4 is 0 Å². The molecule has 1 aromatic rings. The highest BCUT2D eigenvalue weighted by molar-refractivity contribution is 5.14. The van der Waals surface area contributed by atoms with Crippen molar-refractivity contribution in [2.45, 2.75) is 55.1 Å². The number of hydrogen-bond donors (Lipinski definition) is 6. The summed E-state index contributed by atoms with van der Waals surface area (Å²) in [5.74, 6) is 0. The first kappa shape index (κ1) is 22.5. The predicted molar refractivity (Wildman–Crippen MR) is 96.5 cm³/mol. The normalized spacial score (nSPS) is 40.3. The molecule has 29 heavy (non-hydrogen) atoms. The smallest absolute Gasteiger partial charge is 0.186 e. The van der Waals surface area contributed by atoms with Crippen molar-refractivity contribution < 1.29 is 49.6 Å². The quantitative estimate of drug-likeness (QED) is 0.268. The van der Waals surface area contributed by atoms with Crippen LogP contribution in [0, 0.1) is 0 Å². The topological polar surface area (TPSA) is 158 Å². The molecule has 0 radical (unpaired) electrons. The molecule has 2 aliphatic heterocycles. The summed E-state index contributed by atoms with van der Waals surface area (Å²) in [6, 6.07) is 9.54. The Morgan fingerprint density at radius 2 is 1.69 bits per heavy atom. The zero-order valence-corrected chi connectivity index (χ0v) is 15.8. The van der Waals surface area contributed by atoms with Crippen molar-refractivity contribution in [3.8, 4) is 0 Å². The van der Waals surface area contributed by atoms with Gasteiger partial charge in [0.05, 0.1) is 26.4 Å². The maximum absolute atomic E-state index is 10.2. The van der Waals surface area contributed by atoms with E-state index in [1.54, 1.807) is 0 Å². The van der Waals surface area contributed by atoms with Crippen LogP contribution in [0.15, 0.2) is 30.3 Å². The van der Waals surface area contributed by atoms with E-state index in [-0.39, 0.29) is 19.8 Å². The van der Waals surface area contributed by atoms with Gasteiger partial charge in [-0.15, -0.1) is 0 Å². The monoisotopic (exact) mass is 416 g/mol. The average molecular weight is 416 g/mol. The lowest BCUT2D eigenvalue weighted by molar-refractivity contribution is -0.309. The van der Waals surface area contributed by atoms with Gasteiger partial charge in [-0.2, -0.15) is 0 Å². The van der Waals surface area contributed by atoms with E-state index >= 15 is 0 Å². The van der Waals surface area contributed by atoms with Crippen LogP contribution in [-0.2, 0) is 25.4 Å². The fourth-order valence-electron chi connectivity index (χ4n) is 3.25. The molecule has 1 aromatic carbocycles. The second-order valence-corrected chi connectivity index (χ2v) is 7.34. The Hall–Kier alpha value is -1.18. The van der Waals surface area contributed by atoms with Crippen molar-refractivity contribution in [1.29, 1.82) is 0 Å². The maximum Gasteiger partial charge on any atom is 0.186 e. The molecular weight excluding hydrogens is 388 g/mol. The van der Waals surface area contributed by atoms with Gasteiger partial charge in [0.2, 0.25) is 0 Å². The molecule has 2 saturated heterocycles. The van der Waals surface area contributed by atoms with Crippen molar-refractivity contribution in [2.24, 2.45) is 0 Å². The molecule has 10 heteroatoms. The fraction of sp³-hybridized carbons (Fsp3) is 0.684. The maximum atomic E-state index is 10.2. The molecular formula is C19H28O10. The molecule has 0 unspecified atom stereocenters. The highest BCUT2D eigenvalue weighted by Crippen LogP contribution is 2.27. The fourth-order valence-corrected chi connectivity index (χ4v) is 3.25. The van der Waals surface area contributed by atoms with Gasteiger partial charge in [-0.1, -0.05) is 30.3 Å². The van der Waals surface area contributed by atoms with E-state index in [2.05, 4.69) is 0 Å². The van der Waals surface area contributed by atoms with Crippen molar-refractivity contribution in [2.75, 3.05) is 26.4 Å². The summed E-state index contributed by atoms with van der Waals surface area (Å²) in [6.07, 6.45) is -8.88. The summed E-state index contributed by atoms with van der Waals surface area (Å²) in [5, 5.41) is 59.5. The number of ether oxygens (including phenoxy) is 4. The Kier molecular flexibility index (Phi) is 7.57. The van der Waals surface area contributed by atoms with Crippen LogP contribution in [0.3, 0.4) is 0 Å². The van der Waals surface area contributed by atoms with Crippen molar-refractivity contribution in [3.63, 3.8) is 0 Å². The van der Waals surface area contributed by atoms with Crippen LogP contribution < -0.4 is 0 Å². The van der Waals surface area contributed by atoms with Crippen LogP contribution in [0.25, 0.3) is 0 Å². The number of aliphatic hydroxyl groups is 6. The van der Waals surface area contributed by atoms with Gasteiger partial charge in [-0.25, -0.2) is 0 Å². The molecule has 2 aliphatic rings. The number of hydrogen-bond acceptors (Lipinski definition) is 10. The Labute approximate surface area is 167 Å². The van der Waals surface area contributed by atoms with Crippen LogP contribution >= 0.6 is 0 Å². The summed E-state index contributed by atoms with van der Waals surface area (Å²) in [6.45, 7) is -1.13. The Bertz CT molecular complexity index is 631. The van der Waals surface area contributed by atoms with E-state index < -0.39 is 55.3 Å². The van der Waals surface area contributed by atoms with Crippen LogP contribution in [0.5, 0.6) is 0 Å². The largest absolute Gasteiger partial charge is 0.393 e. The van der Waals surface area contributed by atoms with E-state index in [0.29, 0.717) is 6.42 Å². The molecule has 0 aliphatic carbocycles. The SMILES string of the molecule is OC[C@]1(O)CO[C@H](OC[C@H]2O[C@@H](OCCc3ccccc3)[C@H](O)[C@@H](O)[C@@H]2O)[C@H]1O. The minimum absolute atomic E-state index is 0.218. The molecule has 0 amide bonds. The standard InChI is InChI=1S/C19H28O10/c20-9-19(25)10-28-18(16(19)24)27-8-12-13(21)14(22)15(23)17(29-12)26-7-6-11-4-2-1-3-5-11/h1-5,12-18,20-25H,6-10H2/t12-,13-,14+,15-,16-,17-,18+,19+/m1/s1. The number of benzene rings is 1. The second-order valence-electron chi connectivity index (χ2n) is 7.34. The van der Waals surface area contributed by atoms with E-state index in [1.807, 2.05) is 30.3 Å². The van der Waals surface area contributed by atoms with Gasteiger partial charge in [0.1, 0.15) is 36.1 Å². The lowest BCUT2D eigenvalue weighted by atomic mass is 9.99. The first-order valence-electron chi connectivity index (χ1n) is 9.45. The van der Waals surface area contributed by atoms with E-state index in [1.165, 1.54) is 0 Å². The summed E-state index contributed by atoms with van der Waals surface area (Å²) in [5.41, 5.74) is -0.808. The van der Waals surface area contributed by atoms with Gasteiger partial charge in [0.25, 0.3) is 0 Å². The highest BCUT2D eigenvalue weighted by atomic mass is 16.7. The van der Waals surface area contributed by atoms with Gasteiger partial charge in [0.15, 0.2) is 12.6 Å². The zero-order chi connectivity index (χ0) is 21.0. The van der Waals surface area contributed by atoms with Crippen LogP contribution in [0.4, 0.5) is 0 Å². The Morgan fingerprint density at radius 3 is 2.34 bits per heavy atom. The van der Waals surface area contributed by atoms with Gasteiger partial charge in [-0.3, -0.25) is 0 Å². The molecule has 0 aromatic heterocycles. The van der Waals surface area contributed by atoms with Crippen LogP contribution in [-0.4, -0.2) is 106 Å². The summed E-state index contributed by atoms with van der Waals surface area (Å²) in [7, 11) is 0. The Balaban J connectivity index is 1.52. The Morgan fingerprint density at radius 1 is 0.966 bits per heavy atom. The minimum atomic E-state index is -1.84. The lowest BCUT2D eigenvalue weighted by Crippen LogP contribution is -2.59. The summed E-state index contributed by atoms with van der Waals surface area (Å²) in [4.78, 5) is 0. The van der Waals surface area contributed by atoms with Gasteiger partial charge >= 0.3 is 0 Å². The molecule has 0 spiro atoms. The molecule has 164 valence electrons. The van der Waals surface area contributed by atoms with E-state index in [9.17, 15) is 25.5 Å². The highest BCUT2D eigenvalue weighted by Gasteiger charge is 2.50. The molecule has 8 atom stereocenters. The van der Waals surface area contributed by atoms with Gasteiger partial charge < -0.3 is 49.6 Å².